The molecule has 4 rings (SSSR count). The summed E-state index contributed by atoms with van der Waals surface area (Å²) in [5, 5.41) is 0. The predicted molar refractivity (Wildman–Crippen MR) is 109 cm³/mol. The van der Waals surface area contributed by atoms with Crippen LogP contribution in [0.1, 0.15) is 36.8 Å². The maximum absolute atomic E-state index is 12.8. The summed E-state index contributed by atoms with van der Waals surface area (Å²) in [6.45, 7) is 4.07. The second-order valence-electron chi connectivity index (χ2n) is 8.45. The Bertz CT molecular complexity index is 765. The number of amides is 2. The van der Waals surface area contributed by atoms with E-state index in [1.165, 1.54) is 11.1 Å². The number of piperidine rings is 2. The van der Waals surface area contributed by atoms with Crippen molar-refractivity contribution in [3.05, 3.63) is 29.3 Å². The molecular formula is C22H31N3O4. The number of likely N-dealkylation sites (tertiary alicyclic amines) is 2. The molecule has 0 aromatic heterocycles. The standard InChI is InChI=1S/C22H31N3O4/c1-28-18-2-3-19-17(14-18)6-13-29-22(19)7-11-25(12-8-22)20(26)15-24-9-4-16(5-10-24)21(23)27/h2-3,14,16H,4-13,15H2,1H3,(H2,23,27). The van der Waals surface area contributed by atoms with Crippen molar-refractivity contribution in [3.8, 4) is 5.75 Å². The van der Waals surface area contributed by atoms with Gasteiger partial charge in [-0.3, -0.25) is 14.5 Å². The summed E-state index contributed by atoms with van der Waals surface area (Å²) in [6.07, 6.45) is 4.04. The molecule has 3 aliphatic heterocycles. The average Bonchev–Trinajstić information content (AvgIpc) is 2.74. The lowest BCUT2D eigenvalue weighted by atomic mass is 9.79. The summed E-state index contributed by atoms with van der Waals surface area (Å²) in [5.41, 5.74) is 7.67. The van der Waals surface area contributed by atoms with Crippen LogP contribution in [0.2, 0.25) is 0 Å². The van der Waals surface area contributed by atoms with Crippen molar-refractivity contribution < 1.29 is 19.1 Å². The van der Waals surface area contributed by atoms with Crippen LogP contribution < -0.4 is 10.5 Å². The van der Waals surface area contributed by atoms with Gasteiger partial charge in [-0.1, -0.05) is 6.07 Å². The van der Waals surface area contributed by atoms with Gasteiger partial charge in [0, 0.05) is 19.0 Å². The van der Waals surface area contributed by atoms with Crippen LogP contribution in [0, 0.1) is 5.92 Å². The van der Waals surface area contributed by atoms with Gasteiger partial charge >= 0.3 is 0 Å². The van der Waals surface area contributed by atoms with Crippen molar-refractivity contribution in [2.24, 2.45) is 11.7 Å². The number of methoxy groups -OCH3 is 1. The summed E-state index contributed by atoms with van der Waals surface area (Å²) in [6, 6.07) is 6.25. The van der Waals surface area contributed by atoms with Crippen LogP contribution in [0.15, 0.2) is 18.2 Å². The van der Waals surface area contributed by atoms with E-state index in [-0.39, 0.29) is 23.3 Å². The molecule has 1 aromatic rings. The minimum absolute atomic E-state index is 0.0432. The molecule has 2 amide bonds. The summed E-state index contributed by atoms with van der Waals surface area (Å²) in [7, 11) is 1.69. The molecule has 0 radical (unpaired) electrons. The van der Waals surface area contributed by atoms with Crippen molar-refractivity contribution in [3.63, 3.8) is 0 Å². The first-order valence-corrected chi connectivity index (χ1v) is 10.6. The maximum Gasteiger partial charge on any atom is 0.236 e. The Morgan fingerprint density at radius 1 is 1.21 bits per heavy atom. The number of hydrogen-bond donors (Lipinski definition) is 1. The molecule has 2 saturated heterocycles. The van der Waals surface area contributed by atoms with Gasteiger partial charge in [0.1, 0.15) is 5.75 Å². The molecule has 3 aliphatic rings. The molecular weight excluding hydrogens is 370 g/mol. The maximum atomic E-state index is 12.8. The molecule has 0 unspecified atom stereocenters. The molecule has 0 atom stereocenters. The predicted octanol–water partition coefficient (Wildman–Crippen LogP) is 1.28. The molecule has 158 valence electrons. The van der Waals surface area contributed by atoms with Gasteiger partial charge in [0.05, 0.1) is 25.9 Å². The zero-order valence-electron chi connectivity index (χ0n) is 17.2. The Labute approximate surface area is 172 Å². The highest BCUT2D eigenvalue weighted by Gasteiger charge is 2.42. The van der Waals surface area contributed by atoms with Gasteiger partial charge in [0.15, 0.2) is 0 Å². The van der Waals surface area contributed by atoms with Crippen LogP contribution >= 0.6 is 0 Å². The Morgan fingerprint density at radius 2 is 1.93 bits per heavy atom. The highest BCUT2D eigenvalue weighted by atomic mass is 16.5. The second-order valence-corrected chi connectivity index (χ2v) is 8.45. The van der Waals surface area contributed by atoms with Gasteiger partial charge in [-0.15, -0.1) is 0 Å². The summed E-state index contributed by atoms with van der Waals surface area (Å²) in [5.74, 6) is 0.790. The van der Waals surface area contributed by atoms with Crippen LogP contribution in [0.4, 0.5) is 0 Å². The Kier molecular flexibility index (Phi) is 5.79. The minimum atomic E-state index is -0.281. The third-order valence-electron chi connectivity index (χ3n) is 6.83. The first kappa shape index (κ1) is 20.2. The molecule has 2 fully saturated rings. The number of primary amides is 1. The van der Waals surface area contributed by atoms with Gasteiger partial charge in [0.25, 0.3) is 0 Å². The number of benzene rings is 1. The molecule has 1 spiro atoms. The van der Waals surface area contributed by atoms with E-state index < -0.39 is 0 Å². The molecule has 0 bridgehead atoms. The van der Waals surface area contributed by atoms with Gasteiger partial charge < -0.3 is 20.1 Å². The summed E-state index contributed by atoms with van der Waals surface area (Å²) >= 11 is 0. The van der Waals surface area contributed by atoms with E-state index in [9.17, 15) is 9.59 Å². The highest BCUT2D eigenvalue weighted by Crippen LogP contribution is 2.42. The lowest BCUT2D eigenvalue weighted by molar-refractivity contribution is -0.142. The quantitative estimate of drug-likeness (QED) is 0.822. The van der Waals surface area contributed by atoms with E-state index in [1.54, 1.807) is 7.11 Å². The van der Waals surface area contributed by atoms with E-state index in [4.69, 9.17) is 15.2 Å². The fraction of sp³-hybridized carbons (Fsp3) is 0.636. The highest BCUT2D eigenvalue weighted by molar-refractivity contribution is 5.79. The van der Waals surface area contributed by atoms with Crippen molar-refractivity contribution in [1.29, 1.82) is 0 Å². The SMILES string of the molecule is COc1ccc2c(c1)CCOC21CCN(C(=O)CN2CCC(C(N)=O)CC2)CC1. The number of ether oxygens (including phenoxy) is 2. The molecule has 0 aliphatic carbocycles. The van der Waals surface area contributed by atoms with Crippen LogP contribution in [-0.4, -0.2) is 68.1 Å². The van der Waals surface area contributed by atoms with Crippen molar-refractivity contribution in [2.75, 3.05) is 46.4 Å². The molecule has 7 nitrogen and oxygen atoms in total. The number of rotatable bonds is 4. The lowest BCUT2D eigenvalue weighted by Gasteiger charge is -2.45. The average molecular weight is 402 g/mol. The lowest BCUT2D eigenvalue weighted by Crippen LogP contribution is -2.51. The number of nitrogens with two attached hydrogens (primary N) is 1. The van der Waals surface area contributed by atoms with E-state index in [0.717, 1.165) is 50.9 Å². The normalized spacial score (nSPS) is 22.3. The monoisotopic (exact) mass is 401 g/mol. The Hall–Kier alpha value is -2.12. The summed E-state index contributed by atoms with van der Waals surface area (Å²) < 4.78 is 11.7. The van der Waals surface area contributed by atoms with Crippen LogP contribution in [0.5, 0.6) is 5.75 Å². The molecule has 1 aromatic carbocycles. The largest absolute Gasteiger partial charge is 0.497 e. The van der Waals surface area contributed by atoms with Gasteiger partial charge in [0.2, 0.25) is 11.8 Å². The van der Waals surface area contributed by atoms with Gasteiger partial charge in [-0.05, 0) is 68.5 Å². The van der Waals surface area contributed by atoms with Crippen LogP contribution in [-0.2, 0) is 26.3 Å². The van der Waals surface area contributed by atoms with Crippen LogP contribution in [0.25, 0.3) is 0 Å². The molecule has 7 heteroatoms. The van der Waals surface area contributed by atoms with Crippen molar-refractivity contribution in [2.45, 2.75) is 37.7 Å². The smallest absolute Gasteiger partial charge is 0.236 e. The topological polar surface area (TPSA) is 85.1 Å². The van der Waals surface area contributed by atoms with Crippen molar-refractivity contribution >= 4 is 11.8 Å². The fourth-order valence-corrected chi connectivity index (χ4v) is 4.98. The molecule has 0 saturated carbocycles. The molecule has 2 N–H and O–H groups in total. The third kappa shape index (κ3) is 4.12. The molecule has 3 heterocycles. The second kappa shape index (κ2) is 8.32. The zero-order valence-corrected chi connectivity index (χ0v) is 17.2. The third-order valence-corrected chi connectivity index (χ3v) is 6.83. The first-order chi connectivity index (χ1) is 14.0. The first-order valence-electron chi connectivity index (χ1n) is 10.6. The van der Waals surface area contributed by atoms with Crippen LogP contribution in [0.3, 0.4) is 0 Å². The van der Waals surface area contributed by atoms with Gasteiger partial charge in [-0.25, -0.2) is 0 Å². The number of nitrogens with zero attached hydrogens (tertiary/aromatic N) is 2. The Morgan fingerprint density at radius 3 is 2.59 bits per heavy atom. The number of hydrogen-bond acceptors (Lipinski definition) is 5. The van der Waals surface area contributed by atoms with E-state index in [2.05, 4.69) is 17.0 Å². The summed E-state index contributed by atoms with van der Waals surface area (Å²) in [4.78, 5) is 28.2. The van der Waals surface area contributed by atoms with E-state index in [1.807, 2.05) is 11.0 Å². The van der Waals surface area contributed by atoms with E-state index in [0.29, 0.717) is 26.2 Å². The fourth-order valence-electron chi connectivity index (χ4n) is 4.98. The zero-order chi connectivity index (χ0) is 20.4. The number of carbonyl (C=O) groups is 2. The molecule has 29 heavy (non-hydrogen) atoms. The number of carbonyl (C=O) groups excluding carboxylic acids is 2. The minimum Gasteiger partial charge on any atom is -0.497 e. The Balaban J connectivity index is 1.34. The van der Waals surface area contributed by atoms with E-state index >= 15 is 0 Å². The van der Waals surface area contributed by atoms with Gasteiger partial charge in [-0.2, -0.15) is 0 Å². The van der Waals surface area contributed by atoms with Crippen molar-refractivity contribution in [1.82, 2.24) is 9.80 Å². The number of fused-ring (bicyclic) bond motifs is 2.